The number of alkyl halides is 3. The Labute approximate surface area is 125 Å². The highest BCUT2D eigenvalue weighted by atomic mass is 79.9. The standard InChI is InChI=1S/C13H6BrF4N3/c14-7-1-2-11(9(3-7)13(16,17)18)21-8-4-10(15)12(5-19)20-6-8/h1-4,6,21H. The van der Waals surface area contributed by atoms with Crippen molar-refractivity contribution in [2.45, 2.75) is 6.18 Å². The molecule has 0 radical (unpaired) electrons. The lowest BCUT2D eigenvalue weighted by Crippen LogP contribution is -2.09. The highest BCUT2D eigenvalue weighted by molar-refractivity contribution is 9.10. The van der Waals surface area contributed by atoms with Gasteiger partial charge in [-0.3, -0.25) is 0 Å². The van der Waals surface area contributed by atoms with Crippen molar-refractivity contribution in [3.63, 3.8) is 0 Å². The van der Waals surface area contributed by atoms with Gasteiger partial charge in [-0.1, -0.05) is 15.9 Å². The van der Waals surface area contributed by atoms with Gasteiger partial charge < -0.3 is 5.32 Å². The molecular formula is C13H6BrF4N3. The molecule has 0 bridgehead atoms. The van der Waals surface area contributed by atoms with Crippen LogP contribution in [0.1, 0.15) is 11.3 Å². The summed E-state index contributed by atoms with van der Waals surface area (Å²) < 4.78 is 52.5. The smallest absolute Gasteiger partial charge is 0.354 e. The minimum absolute atomic E-state index is 0.0133. The molecule has 0 saturated carbocycles. The van der Waals surface area contributed by atoms with Crippen LogP contribution in [0, 0.1) is 17.1 Å². The average molecular weight is 360 g/mol. The maximum atomic E-state index is 13.4. The summed E-state index contributed by atoms with van der Waals surface area (Å²) in [7, 11) is 0. The maximum Gasteiger partial charge on any atom is 0.418 e. The van der Waals surface area contributed by atoms with E-state index in [9.17, 15) is 17.6 Å². The summed E-state index contributed by atoms with van der Waals surface area (Å²) in [6, 6.07) is 5.99. The Bertz CT molecular complexity index is 722. The molecule has 1 aromatic heterocycles. The quantitative estimate of drug-likeness (QED) is 0.796. The molecule has 8 heteroatoms. The molecule has 0 aliphatic carbocycles. The fraction of sp³-hybridized carbons (Fsp3) is 0.0769. The third-order valence-corrected chi connectivity index (χ3v) is 3.01. The van der Waals surface area contributed by atoms with Gasteiger partial charge in [0.1, 0.15) is 6.07 Å². The fourth-order valence-corrected chi connectivity index (χ4v) is 1.97. The first-order valence-electron chi connectivity index (χ1n) is 5.50. The van der Waals surface area contributed by atoms with Crippen molar-refractivity contribution in [2.75, 3.05) is 5.32 Å². The maximum absolute atomic E-state index is 13.4. The molecule has 0 saturated heterocycles. The van der Waals surface area contributed by atoms with Gasteiger partial charge in [-0.05, 0) is 18.2 Å². The Morgan fingerprint density at radius 1 is 1.24 bits per heavy atom. The van der Waals surface area contributed by atoms with Gasteiger partial charge in [0, 0.05) is 10.5 Å². The molecule has 1 N–H and O–H groups in total. The molecule has 1 aromatic carbocycles. The number of hydrogen-bond donors (Lipinski definition) is 1. The second kappa shape index (κ2) is 5.69. The van der Waals surface area contributed by atoms with Gasteiger partial charge in [0.05, 0.1) is 23.1 Å². The molecule has 2 aromatic rings. The van der Waals surface area contributed by atoms with Gasteiger partial charge >= 0.3 is 6.18 Å². The summed E-state index contributed by atoms with van der Waals surface area (Å²) in [5.41, 5.74) is -1.55. The van der Waals surface area contributed by atoms with Gasteiger partial charge in [0.2, 0.25) is 0 Å². The van der Waals surface area contributed by atoms with Crippen LogP contribution in [0.2, 0.25) is 0 Å². The summed E-state index contributed by atoms with van der Waals surface area (Å²) in [6.45, 7) is 0. The van der Waals surface area contributed by atoms with Crippen LogP contribution in [0.5, 0.6) is 0 Å². The molecule has 0 fully saturated rings. The first kappa shape index (κ1) is 15.3. The Hall–Kier alpha value is -2.14. The van der Waals surface area contributed by atoms with E-state index in [0.717, 1.165) is 18.3 Å². The number of pyridine rings is 1. The van der Waals surface area contributed by atoms with Crippen molar-refractivity contribution in [1.29, 1.82) is 5.26 Å². The van der Waals surface area contributed by atoms with Crippen molar-refractivity contribution in [1.82, 2.24) is 4.98 Å². The molecule has 3 nitrogen and oxygen atoms in total. The predicted octanol–water partition coefficient (Wildman–Crippen LogP) is 4.62. The third kappa shape index (κ3) is 3.49. The molecule has 0 unspecified atom stereocenters. The minimum Gasteiger partial charge on any atom is -0.354 e. The van der Waals surface area contributed by atoms with Crippen LogP contribution in [0.25, 0.3) is 0 Å². The van der Waals surface area contributed by atoms with Gasteiger partial charge in [-0.25, -0.2) is 9.37 Å². The van der Waals surface area contributed by atoms with Crippen LogP contribution in [-0.4, -0.2) is 4.98 Å². The van der Waals surface area contributed by atoms with E-state index in [2.05, 4.69) is 26.2 Å². The lowest BCUT2D eigenvalue weighted by Gasteiger charge is -2.15. The van der Waals surface area contributed by atoms with Crippen molar-refractivity contribution in [3.8, 4) is 6.07 Å². The zero-order chi connectivity index (χ0) is 15.6. The number of nitrogens with zero attached hydrogens (tertiary/aromatic N) is 2. The predicted molar refractivity (Wildman–Crippen MR) is 71.3 cm³/mol. The number of halogens is 5. The third-order valence-electron chi connectivity index (χ3n) is 2.51. The molecule has 0 aliphatic rings. The van der Waals surface area contributed by atoms with E-state index < -0.39 is 23.3 Å². The number of anilines is 2. The SMILES string of the molecule is N#Cc1ncc(Nc2ccc(Br)cc2C(F)(F)F)cc1F. The lowest BCUT2D eigenvalue weighted by molar-refractivity contribution is -0.137. The van der Waals surface area contributed by atoms with Crippen LogP contribution in [0.15, 0.2) is 34.9 Å². The highest BCUT2D eigenvalue weighted by Gasteiger charge is 2.33. The van der Waals surface area contributed by atoms with Crippen LogP contribution in [-0.2, 0) is 6.18 Å². The fourth-order valence-electron chi connectivity index (χ4n) is 1.60. The Kier molecular flexibility index (Phi) is 4.14. The van der Waals surface area contributed by atoms with Crippen LogP contribution in [0.3, 0.4) is 0 Å². The van der Waals surface area contributed by atoms with Crippen molar-refractivity contribution in [2.24, 2.45) is 0 Å². The van der Waals surface area contributed by atoms with E-state index in [-0.39, 0.29) is 15.8 Å². The summed E-state index contributed by atoms with van der Waals surface area (Å²) >= 11 is 2.97. The number of hydrogen-bond acceptors (Lipinski definition) is 3. The molecule has 0 atom stereocenters. The van der Waals surface area contributed by atoms with E-state index >= 15 is 0 Å². The largest absolute Gasteiger partial charge is 0.418 e. The van der Waals surface area contributed by atoms with E-state index in [1.165, 1.54) is 18.2 Å². The van der Waals surface area contributed by atoms with Gasteiger partial charge in [-0.2, -0.15) is 18.4 Å². The van der Waals surface area contributed by atoms with Crippen molar-refractivity contribution >= 4 is 27.3 Å². The number of nitriles is 1. The molecule has 0 amide bonds. The lowest BCUT2D eigenvalue weighted by atomic mass is 10.1. The van der Waals surface area contributed by atoms with Crippen LogP contribution >= 0.6 is 15.9 Å². The van der Waals surface area contributed by atoms with Gasteiger partial charge in [-0.15, -0.1) is 0 Å². The minimum atomic E-state index is -4.56. The van der Waals surface area contributed by atoms with Crippen molar-refractivity contribution < 1.29 is 17.6 Å². The normalized spacial score (nSPS) is 11.0. The first-order chi connectivity index (χ1) is 9.81. The van der Waals surface area contributed by atoms with E-state index in [0.29, 0.717) is 0 Å². The molecule has 1 heterocycles. The Balaban J connectivity index is 2.41. The summed E-state index contributed by atoms with van der Waals surface area (Å²) in [6.07, 6.45) is -3.48. The van der Waals surface area contributed by atoms with Crippen LogP contribution < -0.4 is 5.32 Å². The van der Waals surface area contributed by atoms with Crippen LogP contribution in [0.4, 0.5) is 28.9 Å². The summed E-state index contributed by atoms with van der Waals surface area (Å²) in [4.78, 5) is 3.51. The molecule has 2 rings (SSSR count). The summed E-state index contributed by atoms with van der Waals surface area (Å²) in [5, 5.41) is 11.0. The summed E-state index contributed by atoms with van der Waals surface area (Å²) in [5.74, 6) is -0.909. The van der Waals surface area contributed by atoms with E-state index in [1.807, 2.05) is 0 Å². The van der Waals surface area contributed by atoms with Gasteiger partial charge in [0.25, 0.3) is 0 Å². The average Bonchev–Trinajstić information content (AvgIpc) is 2.40. The topological polar surface area (TPSA) is 48.7 Å². The number of rotatable bonds is 2. The molecule has 21 heavy (non-hydrogen) atoms. The highest BCUT2D eigenvalue weighted by Crippen LogP contribution is 2.37. The number of aromatic nitrogens is 1. The second-order valence-electron chi connectivity index (χ2n) is 3.98. The van der Waals surface area contributed by atoms with E-state index in [4.69, 9.17) is 5.26 Å². The Morgan fingerprint density at radius 2 is 1.95 bits per heavy atom. The molecular weight excluding hydrogens is 354 g/mol. The zero-order valence-electron chi connectivity index (χ0n) is 10.2. The second-order valence-corrected chi connectivity index (χ2v) is 4.89. The molecule has 0 aliphatic heterocycles. The number of benzene rings is 1. The van der Waals surface area contributed by atoms with Crippen molar-refractivity contribution in [3.05, 3.63) is 52.0 Å². The Morgan fingerprint density at radius 3 is 2.52 bits per heavy atom. The molecule has 0 spiro atoms. The van der Waals surface area contributed by atoms with E-state index in [1.54, 1.807) is 0 Å². The first-order valence-corrected chi connectivity index (χ1v) is 6.30. The molecule has 108 valence electrons. The number of nitrogens with one attached hydrogen (secondary N) is 1. The monoisotopic (exact) mass is 359 g/mol. The zero-order valence-corrected chi connectivity index (χ0v) is 11.8. The van der Waals surface area contributed by atoms with Gasteiger partial charge in [0.15, 0.2) is 11.5 Å².